The van der Waals surface area contributed by atoms with E-state index in [1.165, 1.54) is 25.3 Å². The highest BCUT2D eigenvalue weighted by atomic mass is 35.5. The molecule has 0 radical (unpaired) electrons. The molecule has 1 fully saturated rings. The van der Waals surface area contributed by atoms with Crippen LogP contribution in [0.15, 0.2) is 59.9 Å². The highest BCUT2D eigenvalue weighted by Crippen LogP contribution is 2.33. The van der Waals surface area contributed by atoms with E-state index in [0.717, 1.165) is 53.6 Å². The molecule has 5 N–H and O–H groups in total. The van der Waals surface area contributed by atoms with Crippen molar-refractivity contribution in [3.63, 3.8) is 0 Å². The van der Waals surface area contributed by atoms with E-state index in [-0.39, 0.29) is 29.6 Å². The Bertz CT molecular complexity index is 1580. The first-order valence-corrected chi connectivity index (χ1v) is 13.1. The molecule has 0 bridgehead atoms. The number of nitrogens with two attached hydrogens (primary N) is 2. The van der Waals surface area contributed by atoms with Crippen molar-refractivity contribution in [2.75, 3.05) is 12.4 Å². The first-order valence-electron chi connectivity index (χ1n) is 12.8. The second kappa shape index (κ2) is 11.0. The summed E-state index contributed by atoms with van der Waals surface area (Å²) < 4.78 is 20.5. The van der Waals surface area contributed by atoms with Gasteiger partial charge in [-0.3, -0.25) is 0 Å². The summed E-state index contributed by atoms with van der Waals surface area (Å²) >= 11 is 6.25. The van der Waals surface area contributed by atoms with Crippen LogP contribution in [0.3, 0.4) is 0 Å². The minimum atomic E-state index is -0.457. The number of nitrogens with zero attached hydrogens (tertiary/aromatic N) is 3. The van der Waals surface area contributed by atoms with Gasteiger partial charge in [0.15, 0.2) is 0 Å². The van der Waals surface area contributed by atoms with Gasteiger partial charge >= 0.3 is 5.97 Å². The summed E-state index contributed by atoms with van der Waals surface area (Å²) in [7, 11) is 1.36. The Balaban J connectivity index is 1.60. The summed E-state index contributed by atoms with van der Waals surface area (Å²) in [6.07, 6.45) is 7.27. The molecule has 1 aliphatic rings. The number of ether oxygens (including phenoxy) is 1. The monoisotopic (exact) mass is 548 g/mol. The number of nitrogens with one attached hydrogen (secondary N) is 1. The Kier molecular flexibility index (Phi) is 7.54. The van der Waals surface area contributed by atoms with Crippen LogP contribution in [0.25, 0.3) is 16.6 Å². The van der Waals surface area contributed by atoms with Gasteiger partial charge in [-0.1, -0.05) is 17.7 Å². The Morgan fingerprint density at radius 1 is 1.18 bits per heavy atom. The van der Waals surface area contributed by atoms with Gasteiger partial charge in [-0.05, 0) is 74.1 Å². The fraction of sp³-hybridized carbons (Fsp3) is 0.276. The van der Waals surface area contributed by atoms with Gasteiger partial charge in [-0.15, -0.1) is 0 Å². The topological polar surface area (TPSA) is 120 Å². The first-order chi connectivity index (χ1) is 18.7. The predicted octanol–water partition coefficient (Wildman–Crippen LogP) is 5.61. The molecule has 0 spiro atoms. The lowest BCUT2D eigenvalue weighted by molar-refractivity contribution is 0.0600. The van der Waals surface area contributed by atoms with Gasteiger partial charge in [0.25, 0.3) is 0 Å². The Morgan fingerprint density at radius 2 is 1.95 bits per heavy atom. The van der Waals surface area contributed by atoms with E-state index in [4.69, 9.17) is 27.8 Å². The molecule has 39 heavy (non-hydrogen) atoms. The molecule has 4 aromatic rings. The molecular weight excluding hydrogens is 519 g/mol. The molecule has 202 valence electrons. The van der Waals surface area contributed by atoms with Gasteiger partial charge in [0.2, 0.25) is 0 Å². The molecule has 0 aliphatic heterocycles. The van der Waals surface area contributed by atoms with Crippen LogP contribution in [0.5, 0.6) is 0 Å². The summed E-state index contributed by atoms with van der Waals surface area (Å²) in [5.41, 5.74) is 18.3. The number of halogens is 2. The molecule has 0 atom stereocenters. The third-order valence-corrected chi connectivity index (χ3v) is 7.46. The first kappa shape index (κ1) is 26.6. The molecule has 2 aromatic heterocycles. The van der Waals surface area contributed by atoms with E-state index >= 15 is 0 Å². The van der Waals surface area contributed by atoms with Crippen LogP contribution in [0.1, 0.15) is 47.2 Å². The van der Waals surface area contributed by atoms with Crippen LogP contribution < -0.4 is 16.8 Å². The van der Waals surface area contributed by atoms with Gasteiger partial charge in [-0.2, -0.15) is 5.10 Å². The van der Waals surface area contributed by atoms with Crippen molar-refractivity contribution in [2.24, 2.45) is 16.5 Å². The number of benzene rings is 2. The van der Waals surface area contributed by atoms with Gasteiger partial charge in [0.1, 0.15) is 11.7 Å². The zero-order chi connectivity index (χ0) is 27.7. The van der Waals surface area contributed by atoms with E-state index in [0.29, 0.717) is 16.1 Å². The van der Waals surface area contributed by atoms with Gasteiger partial charge in [-0.25, -0.2) is 18.7 Å². The van der Waals surface area contributed by atoms with Gasteiger partial charge in [0, 0.05) is 29.9 Å². The number of aliphatic imine (C=N–C) groups is 1. The number of fused-ring (bicyclic) bond motifs is 1. The zero-order valence-corrected chi connectivity index (χ0v) is 22.5. The largest absolute Gasteiger partial charge is 0.465 e. The maximum Gasteiger partial charge on any atom is 0.337 e. The van der Waals surface area contributed by atoms with Crippen LogP contribution in [0, 0.1) is 12.7 Å². The standard InChI is InChI=1S/C29H30ClFN6O2/c1-16-11-17(29(38)39-2)3-9-22(16)18-12-26-27(35-21-7-5-20(32)6-8-21)23(14-34-37(26)15-18)28(33)36-25-13-19(31)4-10-24(25)30/h3-4,9-15,20-21,35H,5-8,32H2,1-2H3,(H2,33,36). The summed E-state index contributed by atoms with van der Waals surface area (Å²) in [6, 6.07) is 11.8. The van der Waals surface area contributed by atoms with Crippen LogP contribution in [0.2, 0.25) is 5.02 Å². The van der Waals surface area contributed by atoms with Crippen LogP contribution in [-0.4, -0.2) is 40.6 Å². The van der Waals surface area contributed by atoms with Crippen molar-refractivity contribution >= 4 is 40.3 Å². The fourth-order valence-corrected chi connectivity index (χ4v) is 5.17. The average Bonchev–Trinajstić information content (AvgIpc) is 3.36. The predicted molar refractivity (Wildman–Crippen MR) is 152 cm³/mol. The smallest absolute Gasteiger partial charge is 0.337 e. The lowest BCUT2D eigenvalue weighted by Crippen LogP contribution is -2.33. The molecule has 0 saturated heterocycles. The van der Waals surface area contributed by atoms with Crippen molar-refractivity contribution in [3.05, 3.63) is 82.4 Å². The molecular formula is C29H30ClFN6O2. The molecule has 2 heterocycles. The second-order valence-corrected chi connectivity index (χ2v) is 10.3. The third-order valence-electron chi connectivity index (χ3n) is 7.14. The second-order valence-electron chi connectivity index (χ2n) is 9.86. The van der Waals surface area contributed by atoms with Crippen molar-refractivity contribution in [2.45, 2.75) is 44.7 Å². The van der Waals surface area contributed by atoms with Gasteiger partial charge in [0.05, 0.1) is 46.3 Å². The third kappa shape index (κ3) is 5.60. The van der Waals surface area contributed by atoms with Crippen molar-refractivity contribution in [1.82, 2.24) is 9.61 Å². The zero-order valence-electron chi connectivity index (χ0n) is 21.7. The number of carbonyl (C=O) groups excluding carboxylic acids is 1. The number of rotatable bonds is 6. The lowest BCUT2D eigenvalue weighted by Gasteiger charge is -2.28. The van der Waals surface area contributed by atoms with Crippen LogP contribution >= 0.6 is 11.6 Å². The molecule has 1 saturated carbocycles. The molecule has 0 unspecified atom stereocenters. The van der Waals surface area contributed by atoms with E-state index < -0.39 is 5.82 Å². The highest BCUT2D eigenvalue weighted by Gasteiger charge is 2.23. The summed E-state index contributed by atoms with van der Waals surface area (Å²) in [6.45, 7) is 1.95. The number of esters is 1. The van der Waals surface area contributed by atoms with E-state index in [1.807, 2.05) is 25.3 Å². The number of hydrogen-bond acceptors (Lipinski definition) is 6. The van der Waals surface area contributed by atoms with Crippen LogP contribution in [-0.2, 0) is 4.74 Å². The van der Waals surface area contributed by atoms with Crippen molar-refractivity contribution in [1.29, 1.82) is 0 Å². The fourth-order valence-electron chi connectivity index (χ4n) is 5.01. The van der Waals surface area contributed by atoms with Crippen molar-refractivity contribution < 1.29 is 13.9 Å². The SMILES string of the molecule is COC(=O)c1ccc(-c2cc3c(NC4CCC(N)CC4)c(C(N)=Nc4cc(F)ccc4Cl)cnn3c2)c(C)c1. The minimum Gasteiger partial charge on any atom is -0.465 e. The Labute approximate surface area is 230 Å². The molecule has 0 amide bonds. The lowest BCUT2D eigenvalue weighted by atomic mass is 9.91. The number of anilines is 1. The van der Waals surface area contributed by atoms with E-state index in [1.54, 1.807) is 22.8 Å². The molecule has 8 nitrogen and oxygen atoms in total. The van der Waals surface area contributed by atoms with Crippen LogP contribution in [0.4, 0.5) is 15.8 Å². The number of aromatic nitrogens is 2. The summed E-state index contributed by atoms with van der Waals surface area (Å²) in [4.78, 5) is 16.4. The number of aryl methyl sites for hydroxylation is 1. The normalized spacial score (nSPS) is 17.8. The number of hydrogen-bond donors (Lipinski definition) is 3. The molecule has 10 heteroatoms. The minimum absolute atomic E-state index is 0.161. The quantitative estimate of drug-likeness (QED) is 0.164. The molecule has 2 aromatic carbocycles. The van der Waals surface area contributed by atoms with E-state index in [2.05, 4.69) is 15.4 Å². The molecule has 1 aliphatic carbocycles. The highest BCUT2D eigenvalue weighted by molar-refractivity contribution is 6.33. The van der Waals surface area contributed by atoms with Gasteiger partial charge < -0.3 is 21.5 Å². The number of carbonyl (C=O) groups is 1. The maximum atomic E-state index is 13.9. The summed E-state index contributed by atoms with van der Waals surface area (Å²) in [5.74, 6) is -0.681. The van der Waals surface area contributed by atoms with Crippen molar-refractivity contribution in [3.8, 4) is 11.1 Å². The number of methoxy groups -OCH3 is 1. The van der Waals surface area contributed by atoms with E-state index in [9.17, 15) is 9.18 Å². The summed E-state index contributed by atoms with van der Waals surface area (Å²) in [5, 5.41) is 8.56. The average molecular weight is 549 g/mol. The number of amidine groups is 1. The maximum absolute atomic E-state index is 13.9. The Morgan fingerprint density at radius 3 is 2.67 bits per heavy atom. The Hall–Kier alpha value is -3.95. The molecule has 5 rings (SSSR count).